The van der Waals surface area contributed by atoms with Gasteiger partial charge < -0.3 is 4.74 Å². The van der Waals surface area contributed by atoms with E-state index in [1.165, 1.54) is 6.21 Å². The Morgan fingerprint density at radius 1 is 1.25 bits per heavy atom. The van der Waals surface area contributed by atoms with Gasteiger partial charge in [0.25, 0.3) is 0 Å². The molecular weight excluding hydrogens is 254 g/mol. The zero-order valence-corrected chi connectivity index (χ0v) is 11.8. The maximum Gasteiger partial charge on any atom is 0.428 e. The molecule has 104 valence electrons. The molecule has 1 heterocycles. The lowest BCUT2D eigenvalue weighted by atomic mass is 10.2. The van der Waals surface area contributed by atoms with Crippen molar-refractivity contribution in [2.75, 3.05) is 0 Å². The van der Waals surface area contributed by atoms with E-state index in [-0.39, 0.29) is 0 Å². The van der Waals surface area contributed by atoms with E-state index in [1.54, 1.807) is 20.8 Å². The molecule has 1 amide bonds. The Labute approximate surface area is 117 Å². The monoisotopic (exact) mass is 271 g/mol. The Morgan fingerprint density at radius 3 is 2.75 bits per heavy atom. The number of hydrogen-bond donors (Lipinski definition) is 1. The fraction of sp³-hybridized carbons (Fsp3) is 0.267. The number of para-hydroxylation sites is 1. The molecular formula is C15H17N3O2. The quantitative estimate of drug-likeness (QED) is 0.674. The van der Waals surface area contributed by atoms with Gasteiger partial charge in [-0.3, -0.25) is 0 Å². The van der Waals surface area contributed by atoms with Crippen LogP contribution >= 0.6 is 0 Å². The fourth-order valence-electron chi connectivity index (χ4n) is 1.61. The highest BCUT2D eigenvalue weighted by molar-refractivity contribution is 5.85. The Bertz CT molecular complexity index is 645. The molecule has 1 N–H and O–H groups in total. The van der Waals surface area contributed by atoms with Gasteiger partial charge >= 0.3 is 6.09 Å². The lowest BCUT2D eigenvalue weighted by molar-refractivity contribution is 0.0529. The van der Waals surface area contributed by atoms with Crippen LogP contribution in [0.1, 0.15) is 26.5 Å². The normalized spacial score (nSPS) is 11.8. The van der Waals surface area contributed by atoms with E-state index in [2.05, 4.69) is 15.5 Å². The Morgan fingerprint density at radius 2 is 2.00 bits per heavy atom. The molecule has 0 fully saturated rings. The summed E-state index contributed by atoms with van der Waals surface area (Å²) in [4.78, 5) is 15.8. The summed E-state index contributed by atoms with van der Waals surface area (Å²) >= 11 is 0. The molecule has 2 rings (SSSR count). The summed E-state index contributed by atoms with van der Waals surface area (Å²) in [5, 5.41) is 4.88. The van der Waals surface area contributed by atoms with E-state index in [1.807, 2.05) is 36.4 Å². The van der Waals surface area contributed by atoms with Gasteiger partial charge in [-0.2, -0.15) is 5.10 Å². The summed E-state index contributed by atoms with van der Waals surface area (Å²) < 4.78 is 5.06. The predicted molar refractivity (Wildman–Crippen MR) is 78.7 cm³/mol. The maximum atomic E-state index is 11.4. The van der Waals surface area contributed by atoms with Crippen LogP contribution in [0.25, 0.3) is 10.9 Å². The van der Waals surface area contributed by atoms with E-state index in [9.17, 15) is 4.79 Å². The number of hydrogen-bond acceptors (Lipinski definition) is 4. The first-order chi connectivity index (χ1) is 9.44. The minimum absolute atomic E-state index is 0.541. The molecule has 2 aromatic rings. The molecule has 20 heavy (non-hydrogen) atoms. The number of pyridine rings is 1. The van der Waals surface area contributed by atoms with E-state index >= 15 is 0 Å². The number of aromatic nitrogens is 1. The summed E-state index contributed by atoms with van der Waals surface area (Å²) in [6.07, 6.45) is 0.894. The first-order valence-corrected chi connectivity index (χ1v) is 6.32. The average Bonchev–Trinajstić information content (AvgIpc) is 2.36. The van der Waals surface area contributed by atoms with E-state index in [0.717, 1.165) is 10.9 Å². The highest BCUT2D eigenvalue weighted by atomic mass is 16.6. The number of nitrogens with zero attached hydrogens (tertiary/aromatic N) is 2. The Balaban J connectivity index is 2.01. The van der Waals surface area contributed by atoms with Gasteiger partial charge in [0.1, 0.15) is 5.60 Å². The highest BCUT2D eigenvalue weighted by Gasteiger charge is 2.15. The Hall–Kier alpha value is -2.43. The van der Waals surface area contributed by atoms with Gasteiger partial charge in [-0.25, -0.2) is 15.2 Å². The summed E-state index contributed by atoms with van der Waals surface area (Å²) in [5.41, 5.74) is 3.31. The van der Waals surface area contributed by atoms with Gasteiger partial charge in [0.05, 0.1) is 17.4 Å². The fourth-order valence-corrected chi connectivity index (χ4v) is 1.61. The third kappa shape index (κ3) is 4.05. The molecule has 0 saturated carbocycles. The standard InChI is InChI=1S/C15H17N3O2/c1-15(2,3)20-14(19)18-16-10-12-9-8-11-6-4-5-7-13(11)17-12/h4-10H,1-3H3,(H,18,19)/b16-10-. The number of hydrazone groups is 1. The SMILES string of the molecule is CC(C)(C)OC(=O)N/N=C\c1ccc2ccccc2n1. The van der Waals surface area contributed by atoms with E-state index in [4.69, 9.17) is 4.74 Å². The van der Waals surface area contributed by atoms with Gasteiger partial charge in [-0.05, 0) is 32.9 Å². The van der Waals surface area contributed by atoms with Crippen molar-refractivity contribution in [1.82, 2.24) is 10.4 Å². The van der Waals surface area contributed by atoms with Crippen LogP contribution in [0.3, 0.4) is 0 Å². The van der Waals surface area contributed by atoms with Gasteiger partial charge in [-0.1, -0.05) is 24.3 Å². The third-order valence-electron chi connectivity index (χ3n) is 2.37. The van der Waals surface area contributed by atoms with Crippen molar-refractivity contribution in [3.63, 3.8) is 0 Å². The topological polar surface area (TPSA) is 63.6 Å². The molecule has 5 heteroatoms. The van der Waals surface area contributed by atoms with Crippen molar-refractivity contribution in [2.45, 2.75) is 26.4 Å². The van der Waals surface area contributed by atoms with Crippen LogP contribution in [0.15, 0.2) is 41.5 Å². The smallest absolute Gasteiger partial charge is 0.428 e. The van der Waals surface area contributed by atoms with Crippen LogP contribution in [0, 0.1) is 0 Å². The third-order valence-corrected chi connectivity index (χ3v) is 2.37. The first kappa shape index (κ1) is 14.0. The van der Waals surface area contributed by atoms with Crippen molar-refractivity contribution in [1.29, 1.82) is 0 Å². The van der Waals surface area contributed by atoms with Crippen LogP contribution in [0.5, 0.6) is 0 Å². The molecule has 0 saturated heterocycles. The van der Waals surface area contributed by atoms with Crippen LogP contribution in [0.2, 0.25) is 0 Å². The van der Waals surface area contributed by atoms with Crippen LogP contribution in [-0.4, -0.2) is 22.9 Å². The molecule has 0 spiro atoms. The molecule has 0 aliphatic carbocycles. The van der Waals surface area contributed by atoms with Crippen molar-refractivity contribution in [3.8, 4) is 0 Å². The van der Waals surface area contributed by atoms with Gasteiger partial charge in [0, 0.05) is 5.39 Å². The molecule has 0 aliphatic rings. The van der Waals surface area contributed by atoms with Crippen LogP contribution in [0.4, 0.5) is 4.79 Å². The molecule has 0 radical (unpaired) electrons. The van der Waals surface area contributed by atoms with E-state index < -0.39 is 11.7 Å². The zero-order chi connectivity index (χ0) is 14.6. The Kier molecular flexibility index (Phi) is 3.98. The molecule has 0 unspecified atom stereocenters. The van der Waals surface area contributed by atoms with Crippen molar-refractivity contribution in [2.24, 2.45) is 5.10 Å². The second kappa shape index (κ2) is 5.69. The highest BCUT2D eigenvalue weighted by Crippen LogP contribution is 2.10. The summed E-state index contributed by atoms with van der Waals surface area (Å²) in [6.45, 7) is 5.38. The van der Waals surface area contributed by atoms with Crippen LogP contribution < -0.4 is 5.43 Å². The van der Waals surface area contributed by atoms with Gasteiger partial charge in [-0.15, -0.1) is 0 Å². The molecule has 0 aliphatic heterocycles. The lowest BCUT2D eigenvalue weighted by Crippen LogP contribution is -2.29. The molecule has 0 atom stereocenters. The number of fused-ring (bicyclic) bond motifs is 1. The summed E-state index contributed by atoms with van der Waals surface area (Å²) in [6, 6.07) is 11.6. The number of rotatable bonds is 2. The predicted octanol–water partition coefficient (Wildman–Crippen LogP) is 3.09. The molecule has 5 nitrogen and oxygen atoms in total. The van der Waals surface area contributed by atoms with Crippen molar-refractivity contribution < 1.29 is 9.53 Å². The average molecular weight is 271 g/mol. The van der Waals surface area contributed by atoms with Crippen LogP contribution in [-0.2, 0) is 4.74 Å². The number of carbonyl (C=O) groups excluding carboxylic acids is 1. The second-order valence-corrected chi connectivity index (χ2v) is 5.30. The molecule has 1 aromatic heterocycles. The van der Waals surface area contributed by atoms with Crippen molar-refractivity contribution >= 4 is 23.2 Å². The van der Waals surface area contributed by atoms with Gasteiger partial charge in [0.15, 0.2) is 0 Å². The second-order valence-electron chi connectivity index (χ2n) is 5.30. The van der Waals surface area contributed by atoms with Gasteiger partial charge in [0.2, 0.25) is 0 Å². The lowest BCUT2D eigenvalue weighted by Gasteiger charge is -2.18. The zero-order valence-electron chi connectivity index (χ0n) is 11.8. The number of nitrogens with one attached hydrogen (secondary N) is 1. The molecule has 0 bridgehead atoms. The number of ether oxygens (including phenoxy) is 1. The number of carbonyl (C=O) groups is 1. The first-order valence-electron chi connectivity index (χ1n) is 6.32. The largest absolute Gasteiger partial charge is 0.443 e. The molecule has 1 aromatic carbocycles. The number of amides is 1. The maximum absolute atomic E-state index is 11.4. The summed E-state index contributed by atoms with van der Waals surface area (Å²) in [5.74, 6) is 0. The minimum atomic E-state index is -0.588. The van der Waals surface area contributed by atoms with E-state index in [0.29, 0.717) is 5.69 Å². The number of benzene rings is 1. The summed E-state index contributed by atoms with van der Waals surface area (Å²) in [7, 11) is 0. The van der Waals surface area contributed by atoms with Crippen molar-refractivity contribution in [3.05, 3.63) is 42.1 Å². The minimum Gasteiger partial charge on any atom is -0.443 e.